The number of carbonyl (C=O) groups is 2. The lowest BCUT2D eigenvalue weighted by Crippen LogP contribution is -2.49. The largest absolute Gasteiger partial charge is 0.497 e. The highest BCUT2D eigenvalue weighted by molar-refractivity contribution is 6.36. The fourth-order valence-electron chi connectivity index (χ4n) is 5.67. The molecule has 2 fully saturated rings. The minimum atomic E-state index is -0.162. The normalized spacial score (nSPS) is 15.4. The van der Waals surface area contributed by atoms with E-state index in [9.17, 15) is 9.59 Å². The van der Waals surface area contributed by atoms with Crippen molar-refractivity contribution >= 4 is 40.7 Å². The number of likely N-dealkylation sites (tertiary alicyclic amines) is 1. The van der Waals surface area contributed by atoms with Crippen molar-refractivity contribution in [2.45, 2.75) is 32.4 Å². The first kappa shape index (κ1) is 31.0. The summed E-state index contributed by atoms with van der Waals surface area (Å²) in [4.78, 5) is 32.4. The zero-order valence-electron chi connectivity index (χ0n) is 24.7. The summed E-state index contributed by atoms with van der Waals surface area (Å²) in [6.07, 6.45) is 2.65. The number of halogens is 2. The molecule has 2 heterocycles. The van der Waals surface area contributed by atoms with Gasteiger partial charge in [-0.15, -0.1) is 0 Å². The first-order valence-electron chi connectivity index (χ1n) is 14.6. The minimum Gasteiger partial charge on any atom is -0.497 e. The Labute approximate surface area is 263 Å². The van der Waals surface area contributed by atoms with Crippen LogP contribution in [0.25, 0.3) is 0 Å². The van der Waals surface area contributed by atoms with Gasteiger partial charge in [0.15, 0.2) is 0 Å². The van der Waals surface area contributed by atoms with Gasteiger partial charge in [0, 0.05) is 66.6 Å². The number of carbonyl (C=O) groups excluding carboxylic acids is 2. The lowest BCUT2D eigenvalue weighted by atomic mass is 10.1. The van der Waals surface area contributed by atoms with Crippen molar-refractivity contribution in [2.75, 3.05) is 58.4 Å². The van der Waals surface area contributed by atoms with E-state index in [0.29, 0.717) is 65.4 Å². The third kappa shape index (κ3) is 7.93. The molecule has 8 nitrogen and oxygen atoms in total. The van der Waals surface area contributed by atoms with Crippen molar-refractivity contribution in [1.29, 1.82) is 0 Å². The van der Waals surface area contributed by atoms with E-state index in [1.54, 1.807) is 20.3 Å². The van der Waals surface area contributed by atoms with Crippen LogP contribution >= 0.6 is 23.2 Å². The number of benzene rings is 3. The molecule has 3 aromatic rings. The molecule has 2 amide bonds. The second kappa shape index (κ2) is 14.3. The molecular formula is C33H38Cl2N4O4. The van der Waals surface area contributed by atoms with Crippen molar-refractivity contribution in [2.24, 2.45) is 0 Å². The van der Waals surface area contributed by atoms with E-state index >= 15 is 0 Å². The van der Waals surface area contributed by atoms with E-state index in [-0.39, 0.29) is 18.2 Å². The smallest absolute Gasteiger partial charge is 0.251 e. The van der Waals surface area contributed by atoms with Gasteiger partial charge >= 0.3 is 0 Å². The molecule has 0 spiro atoms. The van der Waals surface area contributed by atoms with Crippen LogP contribution < -0.4 is 19.7 Å². The number of anilines is 1. The molecule has 0 bridgehead atoms. The van der Waals surface area contributed by atoms with Crippen LogP contribution in [0.15, 0.2) is 54.6 Å². The number of methoxy groups -OCH3 is 2. The van der Waals surface area contributed by atoms with Crippen LogP contribution in [0, 0.1) is 0 Å². The Hall–Kier alpha value is -3.46. The lowest BCUT2D eigenvalue weighted by Gasteiger charge is -2.36. The summed E-state index contributed by atoms with van der Waals surface area (Å²) in [5.41, 5.74) is 4.25. The van der Waals surface area contributed by atoms with Gasteiger partial charge in [0.1, 0.15) is 11.5 Å². The Kier molecular flexibility index (Phi) is 10.3. The van der Waals surface area contributed by atoms with E-state index < -0.39 is 0 Å². The molecule has 1 N–H and O–H groups in total. The molecular weight excluding hydrogens is 587 g/mol. The maximum atomic E-state index is 13.2. The fraction of sp³-hybridized carbons (Fsp3) is 0.394. The maximum Gasteiger partial charge on any atom is 0.251 e. The number of nitrogens with zero attached hydrogens (tertiary/aromatic N) is 3. The molecule has 0 atom stereocenters. The Balaban J connectivity index is 1.11. The number of amides is 2. The highest BCUT2D eigenvalue weighted by Gasteiger charge is 2.24. The van der Waals surface area contributed by atoms with Crippen LogP contribution in [-0.4, -0.2) is 75.1 Å². The molecule has 2 aliphatic heterocycles. The first-order valence-corrected chi connectivity index (χ1v) is 15.4. The predicted molar refractivity (Wildman–Crippen MR) is 171 cm³/mol. The summed E-state index contributed by atoms with van der Waals surface area (Å²) in [7, 11) is 3.19. The summed E-state index contributed by atoms with van der Waals surface area (Å²) in [5, 5.41) is 4.07. The maximum absolute atomic E-state index is 13.2. The van der Waals surface area contributed by atoms with Crippen LogP contribution in [0.3, 0.4) is 0 Å². The zero-order chi connectivity index (χ0) is 30.3. The second-order valence-electron chi connectivity index (χ2n) is 11.0. The molecule has 2 aliphatic rings. The monoisotopic (exact) mass is 624 g/mol. The van der Waals surface area contributed by atoms with Gasteiger partial charge in [-0.1, -0.05) is 23.2 Å². The molecule has 2 saturated heterocycles. The van der Waals surface area contributed by atoms with E-state index in [2.05, 4.69) is 15.1 Å². The fourth-order valence-corrected chi connectivity index (χ4v) is 6.33. The Bertz CT molecular complexity index is 1390. The van der Waals surface area contributed by atoms with Crippen LogP contribution in [0.5, 0.6) is 11.5 Å². The number of rotatable bonds is 10. The average Bonchev–Trinajstić information content (AvgIpc) is 3.54. The molecule has 5 rings (SSSR count). The topological polar surface area (TPSA) is 74.4 Å². The summed E-state index contributed by atoms with van der Waals surface area (Å²) in [6.45, 7) is 5.99. The molecule has 0 unspecified atom stereocenters. The summed E-state index contributed by atoms with van der Waals surface area (Å²) < 4.78 is 10.6. The molecule has 228 valence electrons. The van der Waals surface area contributed by atoms with Gasteiger partial charge in [0.2, 0.25) is 5.91 Å². The van der Waals surface area contributed by atoms with Gasteiger partial charge in [-0.25, -0.2) is 0 Å². The number of piperazine rings is 1. The van der Waals surface area contributed by atoms with Gasteiger partial charge in [0.05, 0.1) is 20.6 Å². The number of hydrogen-bond donors (Lipinski definition) is 1. The summed E-state index contributed by atoms with van der Waals surface area (Å²) in [5.74, 6) is 1.20. The van der Waals surface area contributed by atoms with Crippen molar-refractivity contribution in [3.05, 3.63) is 86.9 Å². The quantitative estimate of drug-likeness (QED) is 0.324. The van der Waals surface area contributed by atoms with E-state index in [0.717, 1.165) is 36.4 Å². The van der Waals surface area contributed by atoms with Crippen molar-refractivity contribution in [3.8, 4) is 11.5 Å². The molecule has 10 heteroatoms. The molecule has 43 heavy (non-hydrogen) atoms. The van der Waals surface area contributed by atoms with Crippen molar-refractivity contribution in [1.82, 2.24) is 15.1 Å². The summed E-state index contributed by atoms with van der Waals surface area (Å²) >= 11 is 13.2. The number of hydrogen-bond acceptors (Lipinski definition) is 6. The van der Waals surface area contributed by atoms with Crippen LogP contribution in [0.4, 0.5) is 5.69 Å². The van der Waals surface area contributed by atoms with E-state index in [4.69, 9.17) is 32.7 Å². The highest BCUT2D eigenvalue weighted by atomic mass is 35.5. The first-order chi connectivity index (χ1) is 20.8. The average molecular weight is 626 g/mol. The molecule has 0 saturated carbocycles. The van der Waals surface area contributed by atoms with Gasteiger partial charge in [0.25, 0.3) is 5.91 Å². The van der Waals surface area contributed by atoms with E-state index in [1.165, 1.54) is 12.8 Å². The van der Waals surface area contributed by atoms with Crippen LogP contribution in [0.1, 0.15) is 39.9 Å². The SMILES string of the molecule is COc1cc(CNC(=O)c2ccc(N3CCN(C(=O)Cc4c(Cl)cc(CN5CCCC5)cc4Cl)CC3)cc2)cc(OC)c1. The van der Waals surface area contributed by atoms with Crippen molar-refractivity contribution in [3.63, 3.8) is 0 Å². The predicted octanol–water partition coefficient (Wildman–Crippen LogP) is 5.43. The van der Waals surface area contributed by atoms with Gasteiger partial charge < -0.3 is 24.6 Å². The second-order valence-corrected chi connectivity index (χ2v) is 11.8. The standard InChI is InChI=1S/C33H38Cl2N4O4/c1-42-27-15-23(16-28(19-27)43-2)21-36-33(41)25-5-7-26(8-6-25)38-11-13-39(14-12-38)32(40)20-29-30(34)17-24(18-31(29)35)22-37-9-3-4-10-37/h5-8,15-19H,3-4,9-14,20-22H2,1-2H3,(H,36,41). The summed E-state index contributed by atoms with van der Waals surface area (Å²) in [6, 6.07) is 17.0. The third-order valence-electron chi connectivity index (χ3n) is 8.13. The molecule has 0 radical (unpaired) electrons. The Morgan fingerprint density at radius 2 is 1.40 bits per heavy atom. The van der Waals surface area contributed by atoms with Gasteiger partial charge in [-0.3, -0.25) is 14.5 Å². The molecule has 0 aromatic heterocycles. The number of nitrogens with one attached hydrogen (secondary N) is 1. The molecule has 0 aliphatic carbocycles. The van der Waals surface area contributed by atoms with Crippen molar-refractivity contribution < 1.29 is 19.1 Å². The molecule has 3 aromatic carbocycles. The van der Waals surface area contributed by atoms with Gasteiger partial charge in [-0.05, 0) is 91.2 Å². The lowest BCUT2D eigenvalue weighted by molar-refractivity contribution is -0.130. The third-order valence-corrected chi connectivity index (χ3v) is 8.80. The highest BCUT2D eigenvalue weighted by Crippen LogP contribution is 2.29. The van der Waals surface area contributed by atoms with E-state index in [1.807, 2.05) is 53.4 Å². The number of ether oxygens (including phenoxy) is 2. The Morgan fingerprint density at radius 3 is 1.98 bits per heavy atom. The van der Waals surface area contributed by atoms with Gasteiger partial charge in [-0.2, -0.15) is 0 Å². The van der Waals surface area contributed by atoms with Crippen LogP contribution in [0.2, 0.25) is 10.0 Å². The minimum absolute atomic E-state index is 0.0245. The Morgan fingerprint density at radius 1 is 0.791 bits per heavy atom. The van der Waals surface area contributed by atoms with Crippen LogP contribution in [-0.2, 0) is 24.3 Å². The zero-order valence-corrected chi connectivity index (χ0v) is 26.2.